The Hall–Kier alpha value is -1.44. The monoisotopic (exact) mass is 356 g/mol. The molecular weight excluding hydrogens is 328 g/mol. The van der Waals surface area contributed by atoms with Crippen LogP contribution in [-0.2, 0) is 26.1 Å². The van der Waals surface area contributed by atoms with Crippen molar-refractivity contribution < 1.29 is 17.9 Å². The molecule has 7 heteroatoms. The maximum absolute atomic E-state index is 12.6. The van der Waals surface area contributed by atoms with E-state index in [0.717, 1.165) is 0 Å². The van der Waals surface area contributed by atoms with Gasteiger partial charge >= 0.3 is 0 Å². The lowest BCUT2D eigenvalue weighted by Gasteiger charge is -2.22. The maximum atomic E-state index is 12.6. The molecule has 136 valence electrons. The minimum absolute atomic E-state index is 0.129. The Labute approximate surface area is 145 Å². The summed E-state index contributed by atoms with van der Waals surface area (Å²) in [6, 6.07) is 6.64. The molecule has 1 aromatic rings. The SMILES string of the molecule is CCOC(CC)C(=O)NCc1ccccc1S(=O)(=O)NC(C)(C)C. The summed E-state index contributed by atoms with van der Waals surface area (Å²) in [5.41, 5.74) is -0.0498. The highest BCUT2D eigenvalue weighted by molar-refractivity contribution is 7.89. The van der Waals surface area contributed by atoms with Crippen molar-refractivity contribution in [2.75, 3.05) is 6.61 Å². The number of sulfonamides is 1. The van der Waals surface area contributed by atoms with E-state index in [4.69, 9.17) is 4.74 Å². The van der Waals surface area contributed by atoms with Gasteiger partial charge in [0.2, 0.25) is 15.9 Å². The van der Waals surface area contributed by atoms with Crippen LogP contribution in [-0.4, -0.2) is 32.6 Å². The molecule has 1 atom stereocenters. The van der Waals surface area contributed by atoms with Gasteiger partial charge in [-0.3, -0.25) is 4.79 Å². The van der Waals surface area contributed by atoms with Crippen LogP contribution in [0.25, 0.3) is 0 Å². The van der Waals surface area contributed by atoms with Gasteiger partial charge in [0, 0.05) is 18.7 Å². The zero-order chi connectivity index (χ0) is 18.4. The van der Waals surface area contributed by atoms with Gasteiger partial charge in [-0.2, -0.15) is 0 Å². The fourth-order valence-corrected chi connectivity index (χ4v) is 3.91. The minimum Gasteiger partial charge on any atom is -0.369 e. The third kappa shape index (κ3) is 6.22. The van der Waals surface area contributed by atoms with Crippen molar-refractivity contribution >= 4 is 15.9 Å². The first-order valence-electron chi connectivity index (χ1n) is 8.12. The number of benzene rings is 1. The van der Waals surface area contributed by atoms with Gasteiger partial charge in [-0.05, 0) is 45.7 Å². The van der Waals surface area contributed by atoms with Crippen molar-refractivity contribution in [1.82, 2.24) is 10.0 Å². The van der Waals surface area contributed by atoms with Gasteiger partial charge in [-0.25, -0.2) is 13.1 Å². The number of nitrogens with one attached hydrogen (secondary N) is 2. The zero-order valence-electron chi connectivity index (χ0n) is 15.0. The molecule has 0 radical (unpaired) electrons. The molecule has 24 heavy (non-hydrogen) atoms. The Kier molecular flexibility index (Phi) is 7.38. The number of rotatable bonds is 8. The summed E-state index contributed by atoms with van der Waals surface area (Å²) >= 11 is 0. The molecular formula is C17H28N2O4S. The van der Waals surface area contributed by atoms with Crippen molar-refractivity contribution in [3.63, 3.8) is 0 Å². The van der Waals surface area contributed by atoms with Gasteiger partial charge in [0.25, 0.3) is 0 Å². The Morgan fingerprint density at radius 1 is 1.21 bits per heavy atom. The second-order valence-corrected chi connectivity index (χ2v) is 8.18. The topological polar surface area (TPSA) is 84.5 Å². The normalized spacial score (nSPS) is 13.5. The van der Waals surface area contributed by atoms with Gasteiger partial charge in [0.05, 0.1) is 4.90 Å². The average molecular weight is 356 g/mol. The highest BCUT2D eigenvalue weighted by Crippen LogP contribution is 2.17. The second kappa shape index (κ2) is 8.60. The lowest BCUT2D eigenvalue weighted by Crippen LogP contribution is -2.41. The first-order chi connectivity index (χ1) is 11.1. The lowest BCUT2D eigenvalue weighted by molar-refractivity contribution is -0.132. The van der Waals surface area contributed by atoms with Crippen molar-refractivity contribution in [3.05, 3.63) is 29.8 Å². The second-order valence-electron chi connectivity index (χ2n) is 6.53. The van der Waals surface area contributed by atoms with Crippen LogP contribution in [0, 0.1) is 0 Å². The average Bonchev–Trinajstić information content (AvgIpc) is 2.48. The van der Waals surface area contributed by atoms with E-state index in [-0.39, 0.29) is 17.3 Å². The summed E-state index contributed by atoms with van der Waals surface area (Å²) in [4.78, 5) is 12.3. The van der Waals surface area contributed by atoms with Crippen LogP contribution in [0.5, 0.6) is 0 Å². The zero-order valence-corrected chi connectivity index (χ0v) is 15.9. The molecule has 1 rings (SSSR count). The first kappa shape index (κ1) is 20.6. The third-order valence-electron chi connectivity index (χ3n) is 3.19. The standard InChI is InChI=1S/C17H28N2O4S/c1-6-14(23-7-2)16(20)18-12-13-10-8-9-11-15(13)24(21,22)19-17(3,4)5/h8-11,14,19H,6-7,12H2,1-5H3,(H,18,20). The summed E-state index contributed by atoms with van der Waals surface area (Å²) in [5, 5.41) is 2.75. The molecule has 0 aliphatic rings. The van der Waals surface area contributed by atoms with Crippen LogP contribution in [0.2, 0.25) is 0 Å². The smallest absolute Gasteiger partial charge is 0.249 e. The Morgan fingerprint density at radius 3 is 2.38 bits per heavy atom. The number of carbonyl (C=O) groups is 1. The number of ether oxygens (including phenoxy) is 1. The van der Waals surface area contributed by atoms with E-state index in [1.54, 1.807) is 39.0 Å². The van der Waals surface area contributed by atoms with Crippen molar-refractivity contribution in [1.29, 1.82) is 0 Å². The van der Waals surface area contributed by atoms with E-state index in [1.165, 1.54) is 6.07 Å². The molecule has 6 nitrogen and oxygen atoms in total. The van der Waals surface area contributed by atoms with E-state index >= 15 is 0 Å². The summed E-state index contributed by atoms with van der Waals surface area (Å²) in [7, 11) is -3.67. The summed E-state index contributed by atoms with van der Waals surface area (Å²) in [6.07, 6.45) is 0.0389. The maximum Gasteiger partial charge on any atom is 0.249 e. The Bertz CT molecular complexity index is 651. The molecule has 1 unspecified atom stereocenters. The largest absolute Gasteiger partial charge is 0.369 e. The lowest BCUT2D eigenvalue weighted by atomic mass is 10.1. The van der Waals surface area contributed by atoms with Gasteiger partial charge in [-0.15, -0.1) is 0 Å². The van der Waals surface area contributed by atoms with E-state index in [9.17, 15) is 13.2 Å². The molecule has 0 aliphatic heterocycles. The number of hydrogen-bond donors (Lipinski definition) is 2. The molecule has 0 spiro atoms. The van der Waals surface area contributed by atoms with Crippen LogP contribution in [0.1, 0.15) is 46.6 Å². The van der Waals surface area contributed by atoms with Crippen molar-refractivity contribution in [3.8, 4) is 0 Å². The molecule has 1 aromatic carbocycles. The van der Waals surface area contributed by atoms with Crippen LogP contribution in [0.4, 0.5) is 0 Å². The predicted octanol–water partition coefficient (Wildman–Crippen LogP) is 2.19. The molecule has 0 aromatic heterocycles. The van der Waals surface area contributed by atoms with Crippen molar-refractivity contribution in [2.45, 2.75) is 64.1 Å². The molecule has 0 heterocycles. The number of carbonyl (C=O) groups excluding carboxylic acids is 1. The van der Waals surface area contributed by atoms with Gasteiger partial charge in [0.15, 0.2) is 0 Å². The summed E-state index contributed by atoms with van der Waals surface area (Å²) in [6.45, 7) is 9.62. The molecule has 0 fully saturated rings. The molecule has 2 N–H and O–H groups in total. The molecule has 0 saturated heterocycles. The van der Waals surface area contributed by atoms with E-state index in [1.807, 2.05) is 13.8 Å². The fraction of sp³-hybridized carbons (Fsp3) is 0.588. The van der Waals surface area contributed by atoms with Crippen LogP contribution in [0.15, 0.2) is 29.2 Å². The predicted molar refractivity (Wildman–Crippen MR) is 94.1 cm³/mol. The van der Waals surface area contributed by atoms with Crippen LogP contribution >= 0.6 is 0 Å². The van der Waals surface area contributed by atoms with Crippen LogP contribution < -0.4 is 10.0 Å². The van der Waals surface area contributed by atoms with E-state index in [2.05, 4.69) is 10.0 Å². The van der Waals surface area contributed by atoms with Crippen LogP contribution in [0.3, 0.4) is 0 Å². The number of amides is 1. The molecule has 0 aliphatic carbocycles. The summed E-state index contributed by atoms with van der Waals surface area (Å²) < 4.78 is 33.1. The Morgan fingerprint density at radius 2 is 1.83 bits per heavy atom. The summed E-state index contributed by atoms with van der Waals surface area (Å²) in [5.74, 6) is -0.240. The first-order valence-corrected chi connectivity index (χ1v) is 9.60. The van der Waals surface area contributed by atoms with Gasteiger partial charge in [0.1, 0.15) is 6.10 Å². The quantitative estimate of drug-likeness (QED) is 0.748. The van der Waals surface area contributed by atoms with Crippen molar-refractivity contribution in [2.24, 2.45) is 0 Å². The van der Waals surface area contributed by atoms with E-state index < -0.39 is 21.7 Å². The number of hydrogen-bond acceptors (Lipinski definition) is 4. The van der Waals surface area contributed by atoms with Gasteiger partial charge < -0.3 is 10.1 Å². The highest BCUT2D eigenvalue weighted by atomic mass is 32.2. The van der Waals surface area contributed by atoms with E-state index in [0.29, 0.717) is 18.6 Å². The van der Waals surface area contributed by atoms with Gasteiger partial charge in [-0.1, -0.05) is 25.1 Å². The fourth-order valence-electron chi connectivity index (χ4n) is 2.25. The molecule has 0 saturated carbocycles. The highest BCUT2D eigenvalue weighted by Gasteiger charge is 2.24. The third-order valence-corrected chi connectivity index (χ3v) is 5.05. The minimum atomic E-state index is -3.67. The molecule has 0 bridgehead atoms. The Balaban J connectivity index is 2.93. The molecule has 1 amide bonds.